The lowest BCUT2D eigenvalue weighted by Gasteiger charge is -2.38. The molecule has 2 bridgehead atoms. The second kappa shape index (κ2) is 6.16. The molecule has 0 aliphatic carbocycles. The average molecular weight is 289 g/mol. The molecule has 2 aliphatic rings. The van der Waals surface area contributed by atoms with Crippen molar-refractivity contribution in [2.75, 3.05) is 0 Å². The number of nitrogens with one attached hydrogen (secondary N) is 1. The molecule has 0 saturated carbocycles. The first-order valence-corrected chi connectivity index (χ1v) is 7.83. The van der Waals surface area contributed by atoms with Crippen LogP contribution in [0.25, 0.3) is 0 Å². The highest BCUT2D eigenvalue weighted by Crippen LogP contribution is 2.45. The molecular weight excluding hydrogens is 266 g/mol. The van der Waals surface area contributed by atoms with E-state index in [-0.39, 0.29) is 23.5 Å². The molecule has 2 heterocycles. The quantitative estimate of drug-likeness (QED) is 0.848. The molecule has 2 atom stereocenters. The van der Waals surface area contributed by atoms with Crippen LogP contribution in [0.2, 0.25) is 0 Å². The molecule has 114 valence electrons. The van der Waals surface area contributed by atoms with Crippen molar-refractivity contribution >= 4 is 5.91 Å². The number of carbonyl (C=O) groups is 1. The number of rotatable bonds is 5. The van der Waals surface area contributed by atoms with Crippen LogP contribution >= 0.6 is 0 Å². The molecule has 4 nitrogen and oxygen atoms in total. The van der Waals surface area contributed by atoms with Crippen molar-refractivity contribution in [1.82, 2.24) is 5.48 Å². The van der Waals surface area contributed by atoms with E-state index >= 15 is 0 Å². The highest BCUT2D eigenvalue weighted by atomic mass is 16.7. The van der Waals surface area contributed by atoms with E-state index in [9.17, 15) is 4.79 Å². The number of hydrogen-bond donors (Lipinski definition) is 1. The second-order valence-electron chi connectivity index (χ2n) is 6.21. The van der Waals surface area contributed by atoms with Gasteiger partial charge in [0.25, 0.3) is 0 Å². The van der Waals surface area contributed by atoms with E-state index in [0.717, 1.165) is 37.7 Å². The Morgan fingerprint density at radius 1 is 1.29 bits per heavy atom. The van der Waals surface area contributed by atoms with Gasteiger partial charge in [-0.15, -0.1) is 0 Å². The van der Waals surface area contributed by atoms with Crippen LogP contribution < -0.4 is 5.48 Å². The zero-order valence-electron chi connectivity index (χ0n) is 12.5. The molecule has 1 aromatic rings. The molecular formula is C17H23NO3. The third-order valence-electron chi connectivity index (χ3n) is 4.84. The van der Waals surface area contributed by atoms with Crippen molar-refractivity contribution in [3.8, 4) is 0 Å². The van der Waals surface area contributed by atoms with Gasteiger partial charge in [-0.05, 0) is 37.7 Å². The fraction of sp³-hybridized carbons (Fsp3) is 0.588. The Kier molecular flexibility index (Phi) is 4.27. The van der Waals surface area contributed by atoms with Gasteiger partial charge in [0.05, 0.1) is 24.2 Å². The van der Waals surface area contributed by atoms with E-state index in [1.807, 2.05) is 30.3 Å². The molecule has 2 saturated heterocycles. The molecule has 3 rings (SSSR count). The van der Waals surface area contributed by atoms with Gasteiger partial charge in [0.2, 0.25) is 5.91 Å². The third-order valence-corrected chi connectivity index (χ3v) is 4.84. The lowest BCUT2D eigenvalue weighted by Crippen LogP contribution is -2.46. The number of hydroxylamine groups is 1. The van der Waals surface area contributed by atoms with Crippen molar-refractivity contribution in [2.24, 2.45) is 5.41 Å². The van der Waals surface area contributed by atoms with E-state index in [1.165, 1.54) is 0 Å². The second-order valence-corrected chi connectivity index (χ2v) is 6.21. The SMILES string of the molecule is CCC1(C(=O)NOCc2ccccc2)CC2CCC(C1)O2. The number of amides is 1. The summed E-state index contributed by atoms with van der Waals surface area (Å²) in [6.07, 6.45) is 5.16. The molecule has 4 heteroatoms. The van der Waals surface area contributed by atoms with Crippen LogP contribution in [0.4, 0.5) is 0 Å². The first-order chi connectivity index (χ1) is 10.2. The summed E-state index contributed by atoms with van der Waals surface area (Å²) in [6.45, 7) is 2.48. The molecule has 1 aromatic carbocycles. The highest BCUT2D eigenvalue weighted by Gasteiger charge is 2.48. The average Bonchev–Trinajstić information content (AvgIpc) is 2.87. The summed E-state index contributed by atoms with van der Waals surface area (Å²) in [5.41, 5.74) is 3.40. The summed E-state index contributed by atoms with van der Waals surface area (Å²) >= 11 is 0. The van der Waals surface area contributed by atoms with Crippen LogP contribution in [0.15, 0.2) is 30.3 Å². The predicted molar refractivity (Wildman–Crippen MR) is 79.2 cm³/mol. The van der Waals surface area contributed by atoms with Gasteiger partial charge in [-0.3, -0.25) is 9.63 Å². The summed E-state index contributed by atoms with van der Waals surface area (Å²) in [4.78, 5) is 18.0. The van der Waals surface area contributed by atoms with Gasteiger partial charge in [0.1, 0.15) is 0 Å². The van der Waals surface area contributed by atoms with Gasteiger partial charge < -0.3 is 4.74 Å². The van der Waals surface area contributed by atoms with Gasteiger partial charge in [-0.2, -0.15) is 0 Å². The Balaban J connectivity index is 1.56. The lowest BCUT2D eigenvalue weighted by molar-refractivity contribution is -0.156. The van der Waals surface area contributed by atoms with E-state index in [1.54, 1.807) is 0 Å². The fourth-order valence-corrected chi connectivity index (χ4v) is 3.54. The molecule has 2 aliphatic heterocycles. The number of hydrogen-bond acceptors (Lipinski definition) is 3. The molecule has 1 N–H and O–H groups in total. The van der Waals surface area contributed by atoms with E-state index < -0.39 is 0 Å². The van der Waals surface area contributed by atoms with Crippen LogP contribution in [-0.2, 0) is 21.0 Å². The smallest absolute Gasteiger partial charge is 0.249 e. The van der Waals surface area contributed by atoms with Gasteiger partial charge in [-0.25, -0.2) is 5.48 Å². The molecule has 2 unspecified atom stereocenters. The van der Waals surface area contributed by atoms with E-state index in [0.29, 0.717) is 6.61 Å². The maximum absolute atomic E-state index is 12.6. The van der Waals surface area contributed by atoms with Crippen molar-refractivity contribution in [1.29, 1.82) is 0 Å². The minimum atomic E-state index is -0.319. The standard InChI is InChI=1S/C17H23NO3/c1-2-17(10-14-8-9-15(11-17)21-14)16(19)18-20-12-13-6-4-3-5-7-13/h3-7,14-15H,2,8-12H2,1H3,(H,18,19). The Morgan fingerprint density at radius 2 is 1.95 bits per heavy atom. The fourth-order valence-electron chi connectivity index (χ4n) is 3.54. The first-order valence-electron chi connectivity index (χ1n) is 7.83. The van der Waals surface area contributed by atoms with Crippen molar-refractivity contribution in [3.63, 3.8) is 0 Å². The number of carbonyl (C=O) groups excluding carboxylic acids is 1. The zero-order chi connectivity index (χ0) is 14.7. The van der Waals surface area contributed by atoms with Crippen molar-refractivity contribution < 1.29 is 14.4 Å². The summed E-state index contributed by atoms with van der Waals surface area (Å²) < 4.78 is 5.86. The zero-order valence-corrected chi connectivity index (χ0v) is 12.5. The van der Waals surface area contributed by atoms with E-state index in [2.05, 4.69) is 12.4 Å². The Hall–Kier alpha value is -1.39. The Morgan fingerprint density at radius 3 is 2.57 bits per heavy atom. The van der Waals surface area contributed by atoms with Crippen LogP contribution in [0.1, 0.15) is 44.6 Å². The number of ether oxygens (including phenoxy) is 1. The van der Waals surface area contributed by atoms with Gasteiger partial charge in [0, 0.05) is 0 Å². The van der Waals surface area contributed by atoms with Crippen LogP contribution in [0.3, 0.4) is 0 Å². The predicted octanol–water partition coefficient (Wildman–Crippen LogP) is 2.97. The van der Waals surface area contributed by atoms with Gasteiger partial charge >= 0.3 is 0 Å². The van der Waals surface area contributed by atoms with Crippen LogP contribution in [-0.4, -0.2) is 18.1 Å². The molecule has 1 amide bonds. The monoisotopic (exact) mass is 289 g/mol. The minimum absolute atomic E-state index is 0.0149. The molecule has 0 spiro atoms. The molecule has 0 radical (unpaired) electrons. The maximum Gasteiger partial charge on any atom is 0.249 e. The lowest BCUT2D eigenvalue weighted by atomic mass is 9.74. The Bertz CT molecular complexity index is 476. The molecule has 0 aromatic heterocycles. The van der Waals surface area contributed by atoms with Gasteiger partial charge in [0.15, 0.2) is 0 Å². The van der Waals surface area contributed by atoms with Crippen LogP contribution in [0, 0.1) is 5.41 Å². The number of fused-ring (bicyclic) bond motifs is 2. The van der Waals surface area contributed by atoms with Gasteiger partial charge in [-0.1, -0.05) is 37.3 Å². The summed E-state index contributed by atoms with van der Waals surface area (Å²) in [6, 6.07) is 9.85. The minimum Gasteiger partial charge on any atom is -0.375 e. The summed E-state index contributed by atoms with van der Waals surface area (Å²) in [5.74, 6) is 0.0149. The maximum atomic E-state index is 12.6. The van der Waals surface area contributed by atoms with E-state index in [4.69, 9.17) is 9.57 Å². The van der Waals surface area contributed by atoms with Crippen molar-refractivity contribution in [2.45, 2.75) is 57.8 Å². The number of benzene rings is 1. The molecule has 21 heavy (non-hydrogen) atoms. The third kappa shape index (κ3) is 3.11. The summed E-state index contributed by atoms with van der Waals surface area (Å²) in [5, 5.41) is 0. The summed E-state index contributed by atoms with van der Waals surface area (Å²) in [7, 11) is 0. The highest BCUT2D eigenvalue weighted by molar-refractivity contribution is 5.81. The first kappa shape index (κ1) is 14.5. The van der Waals surface area contributed by atoms with Crippen LogP contribution in [0.5, 0.6) is 0 Å². The largest absolute Gasteiger partial charge is 0.375 e. The van der Waals surface area contributed by atoms with Crippen molar-refractivity contribution in [3.05, 3.63) is 35.9 Å². The Labute approximate surface area is 125 Å². The topological polar surface area (TPSA) is 47.6 Å². The molecule has 2 fully saturated rings. The normalized spacial score (nSPS) is 31.1.